The molecule has 23 heavy (non-hydrogen) atoms. The first-order valence-electron chi connectivity index (χ1n) is 7.78. The number of hydrogen-bond acceptors (Lipinski definition) is 2. The van der Waals surface area contributed by atoms with E-state index in [0.717, 1.165) is 18.8 Å². The Labute approximate surface area is 144 Å². The van der Waals surface area contributed by atoms with Gasteiger partial charge in [-0.3, -0.25) is 0 Å². The highest BCUT2D eigenvalue weighted by atomic mass is 32.1. The maximum atomic E-state index is 5.39. The van der Waals surface area contributed by atoms with Gasteiger partial charge in [0.25, 0.3) is 0 Å². The summed E-state index contributed by atoms with van der Waals surface area (Å²) in [4.78, 5) is 2.16. The first-order chi connectivity index (χ1) is 10.9. The van der Waals surface area contributed by atoms with Crippen molar-refractivity contribution in [2.24, 2.45) is 0 Å². The minimum absolute atomic E-state index is 0.649. The second kappa shape index (κ2) is 8.09. The average Bonchev–Trinajstić information content (AvgIpc) is 2.50. The number of aryl methyl sites for hydroxylation is 2. The van der Waals surface area contributed by atoms with Crippen molar-refractivity contribution < 1.29 is 0 Å². The van der Waals surface area contributed by atoms with E-state index in [1.165, 1.54) is 22.3 Å². The van der Waals surface area contributed by atoms with Gasteiger partial charge in [0, 0.05) is 18.8 Å². The molecule has 0 unspecified atom stereocenters. The smallest absolute Gasteiger partial charge is 0.171 e. The molecule has 2 rings (SSSR count). The maximum Gasteiger partial charge on any atom is 0.171 e. The van der Waals surface area contributed by atoms with Crippen molar-refractivity contribution in [3.63, 3.8) is 0 Å². The molecular weight excluding hydrogens is 302 g/mol. The molecule has 0 bridgehead atoms. The van der Waals surface area contributed by atoms with Gasteiger partial charge in [-0.05, 0) is 68.5 Å². The zero-order valence-electron chi connectivity index (χ0n) is 14.3. The van der Waals surface area contributed by atoms with Crippen molar-refractivity contribution in [3.8, 4) is 0 Å². The minimum Gasteiger partial charge on any atom is -0.358 e. The topological polar surface area (TPSA) is 27.3 Å². The summed E-state index contributed by atoms with van der Waals surface area (Å²) in [6.45, 7) is 5.84. The highest BCUT2D eigenvalue weighted by Crippen LogP contribution is 2.16. The van der Waals surface area contributed by atoms with Gasteiger partial charge in [0.2, 0.25) is 0 Å². The van der Waals surface area contributed by atoms with Crippen molar-refractivity contribution in [1.29, 1.82) is 0 Å². The molecule has 0 aliphatic carbocycles. The van der Waals surface area contributed by atoms with Crippen LogP contribution in [0.5, 0.6) is 0 Å². The molecule has 0 aliphatic rings. The summed E-state index contributed by atoms with van der Waals surface area (Å²) in [5.74, 6) is 0. The summed E-state index contributed by atoms with van der Waals surface area (Å²) < 4.78 is 0. The van der Waals surface area contributed by atoms with Crippen LogP contribution in [0.3, 0.4) is 0 Å². The summed E-state index contributed by atoms with van der Waals surface area (Å²) in [6.07, 6.45) is 0. The Morgan fingerprint density at radius 2 is 1.65 bits per heavy atom. The van der Waals surface area contributed by atoms with Crippen LogP contribution in [0.2, 0.25) is 0 Å². The largest absolute Gasteiger partial charge is 0.358 e. The summed E-state index contributed by atoms with van der Waals surface area (Å²) in [7, 11) is 4.15. The maximum absolute atomic E-state index is 5.39. The van der Waals surface area contributed by atoms with Crippen molar-refractivity contribution in [1.82, 2.24) is 10.2 Å². The van der Waals surface area contributed by atoms with Crippen LogP contribution >= 0.6 is 12.2 Å². The van der Waals surface area contributed by atoms with E-state index in [1.807, 2.05) is 0 Å². The van der Waals surface area contributed by atoms with E-state index in [9.17, 15) is 0 Å². The second-order valence-corrected chi connectivity index (χ2v) is 6.59. The summed E-state index contributed by atoms with van der Waals surface area (Å²) in [5.41, 5.74) is 6.00. The monoisotopic (exact) mass is 327 g/mol. The molecule has 4 heteroatoms. The standard InChI is InChI=1S/C19H25N3S/c1-14-5-6-15(2)18(11-14)21-19(23)20-12-16-7-9-17(10-8-16)13-22(3)4/h5-11H,12-13H2,1-4H3,(H2,20,21,23). The zero-order chi connectivity index (χ0) is 16.8. The minimum atomic E-state index is 0.649. The summed E-state index contributed by atoms with van der Waals surface area (Å²) >= 11 is 5.39. The van der Waals surface area contributed by atoms with Crippen LogP contribution < -0.4 is 10.6 Å². The fourth-order valence-electron chi connectivity index (χ4n) is 2.35. The van der Waals surface area contributed by atoms with Crippen LogP contribution in [-0.2, 0) is 13.1 Å². The van der Waals surface area contributed by atoms with Crippen LogP contribution in [0.1, 0.15) is 22.3 Å². The Hall–Kier alpha value is -1.91. The number of benzene rings is 2. The van der Waals surface area contributed by atoms with Crippen LogP contribution in [0, 0.1) is 13.8 Å². The van der Waals surface area contributed by atoms with Gasteiger partial charge in [-0.1, -0.05) is 36.4 Å². The SMILES string of the molecule is Cc1ccc(C)c(NC(=S)NCc2ccc(CN(C)C)cc2)c1. The number of nitrogens with one attached hydrogen (secondary N) is 2. The molecule has 0 atom stereocenters. The lowest BCUT2D eigenvalue weighted by Crippen LogP contribution is -2.28. The molecule has 0 heterocycles. The van der Waals surface area contributed by atoms with Gasteiger partial charge in [-0.15, -0.1) is 0 Å². The predicted octanol–water partition coefficient (Wildman–Crippen LogP) is 3.85. The van der Waals surface area contributed by atoms with E-state index >= 15 is 0 Å². The lowest BCUT2D eigenvalue weighted by atomic mass is 10.1. The molecule has 2 N–H and O–H groups in total. The molecule has 0 radical (unpaired) electrons. The normalized spacial score (nSPS) is 10.7. The molecule has 0 amide bonds. The molecular formula is C19H25N3S. The number of rotatable bonds is 5. The van der Waals surface area contributed by atoms with Gasteiger partial charge in [0.15, 0.2) is 5.11 Å². The molecule has 0 aromatic heterocycles. The van der Waals surface area contributed by atoms with E-state index in [0.29, 0.717) is 5.11 Å². The lowest BCUT2D eigenvalue weighted by Gasteiger charge is -2.14. The predicted molar refractivity (Wildman–Crippen MR) is 103 cm³/mol. The Bertz CT molecular complexity index is 663. The van der Waals surface area contributed by atoms with Gasteiger partial charge < -0.3 is 15.5 Å². The van der Waals surface area contributed by atoms with E-state index in [2.05, 4.69) is 85.9 Å². The summed E-state index contributed by atoms with van der Waals surface area (Å²) in [6, 6.07) is 14.9. The number of anilines is 1. The highest BCUT2D eigenvalue weighted by molar-refractivity contribution is 7.80. The number of nitrogens with zero attached hydrogens (tertiary/aromatic N) is 1. The molecule has 0 saturated carbocycles. The molecule has 0 saturated heterocycles. The van der Waals surface area contributed by atoms with Gasteiger partial charge in [-0.2, -0.15) is 0 Å². The molecule has 3 nitrogen and oxygen atoms in total. The quantitative estimate of drug-likeness (QED) is 0.816. The molecule has 0 fully saturated rings. The average molecular weight is 327 g/mol. The molecule has 122 valence electrons. The van der Waals surface area contributed by atoms with E-state index in [1.54, 1.807) is 0 Å². The first-order valence-corrected chi connectivity index (χ1v) is 8.19. The van der Waals surface area contributed by atoms with E-state index in [4.69, 9.17) is 12.2 Å². The van der Waals surface area contributed by atoms with Crippen molar-refractivity contribution in [2.45, 2.75) is 26.9 Å². The summed E-state index contributed by atoms with van der Waals surface area (Å²) in [5, 5.41) is 7.19. The first kappa shape index (κ1) is 17.4. The van der Waals surface area contributed by atoms with Crippen LogP contribution in [0.4, 0.5) is 5.69 Å². The lowest BCUT2D eigenvalue weighted by molar-refractivity contribution is 0.402. The van der Waals surface area contributed by atoms with Gasteiger partial charge in [-0.25, -0.2) is 0 Å². The van der Waals surface area contributed by atoms with Crippen molar-refractivity contribution in [2.75, 3.05) is 19.4 Å². The third kappa shape index (κ3) is 5.66. The Kier molecular flexibility index (Phi) is 6.13. The van der Waals surface area contributed by atoms with Gasteiger partial charge >= 0.3 is 0 Å². The van der Waals surface area contributed by atoms with Gasteiger partial charge in [0.05, 0.1) is 0 Å². The third-order valence-corrected chi connectivity index (χ3v) is 3.86. The Morgan fingerprint density at radius 1 is 1.00 bits per heavy atom. The van der Waals surface area contributed by atoms with E-state index < -0.39 is 0 Å². The number of hydrogen-bond donors (Lipinski definition) is 2. The van der Waals surface area contributed by atoms with E-state index in [-0.39, 0.29) is 0 Å². The molecule has 2 aromatic carbocycles. The van der Waals surface area contributed by atoms with Crippen molar-refractivity contribution >= 4 is 23.0 Å². The van der Waals surface area contributed by atoms with Crippen LogP contribution in [-0.4, -0.2) is 24.1 Å². The molecule has 0 spiro atoms. The Morgan fingerprint density at radius 3 is 2.30 bits per heavy atom. The highest BCUT2D eigenvalue weighted by Gasteiger charge is 2.02. The van der Waals surface area contributed by atoms with Gasteiger partial charge in [0.1, 0.15) is 0 Å². The van der Waals surface area contributed by atoms with Crippen LogP contribution in [0.25, 0.3) is 0 Å². The fourth-order valence-corrected chi connectivity index (χ4v) is 2.53. The fraction of sp³-hybridized carbons (Fsp3) is 0.316. The Balaban J connectivity index is 1.88. The third-order valence-electron chi connectivity index (χ3n) is 3.62. The number of thiocarbonyl (C=S) groups is 1. The molecule has 2 aromatic rings. The second-order valence-electron chi connectivity index (χ2n) is 6.18. The zero-order valence-corrected chi connectivity index (χ0v) is 15.1. The van der Waals surface area contributed by atoms with Crippen molar-refractivity contribution in [3.05, 3.63) is 64.7 Å². The van der Waals surface area contributed by atoms with Crippen LogP contribution in [0.15, 0.2) is 42.5 Å². The molecule has 0 aliphatic heterocycles.